The third-order valence-electron chi connectivity index (χ3n) is 4.80. The number of H-pyrrole nitrogens is 1. The predicted molar refractivity (Wildman–Crippen MR) is 101 cm³/mol. The monoisotopic (exact) mass is 333 g/mol. The number of oxazole rings is 1. The van der Waals surface area contributed by atoms with Gasteiger partial charge in [0.1, 0.15) is 0 Å². The Morgan fingerprint density at radius 2 is 2.00 bits per heavy atom. The van der Waals surface area contributed by atoms with Gasteiger partial charge in [0.15, 0.2) is 5.58 Å². The van der Waals surface area contributed by atoms with E-state index in [0.717, 1.165) is 5.69 Å². The van der Waals surface area contributed by atoms with Gasteiger partial charge in [0.2, 0.25) is 0 Å². The molecule has 0 spiro atoms. The molecule has 3 aromatic rings. The Morgan fingerprint density at radius 1 is 1.20 bits per heavy atom. The fraction of sp³-hybridized carbons (Fsp3) is 0.200. The largest absolute Gasteiger partial charge is 0.417 e. The smallest absolute Gasteiger partial charge is 0.408 e. The second-order valence-electron chi connectivity index (χ2n) is 6.73. The average molecular weight is 333 g/mol. The molecular weight excluding hydrogens is 314 g/mol. The fourth-order valence-corrected chi connectivity index (χ4v) is 3.51. The minimum Gasteiger partial charge on any atom is -0.408 e. The molecule has 0 bridgehead atoms. The van der Waals surface area contributed by atoms with Gasteiger partial charge in [0.25, 0.3) is 0 Å². The molecule has 1 aromatic heterocycles. The van der Waals surface area contributed by atoms with Gasteiger partial charge in [0.05, 0.1) is 11.2 Å². The second-order valence-corrected chi connectivity index (χ2v) is 6.73. The van der Waals surface area contributed by atoms with Crippen LogP contribution in [0.5, 0.6) is 0 Å². The lowest BCUT2D eigenvalue weighted by atomic mass is 9.84. The minimum absolute atomic E-state index is 0.0747. The van der Waals surface area contributed by atoms with Gasteiger partial charge in [0, 0.05) is 36.1 Å². The predicted octanol–water partition coefficient (Wildman–Crippen LogP) is 4.13. The van der Waals surface area contributed by atoms with Crippen LogP contribution in [0.3, 0.4) is 0 Å². The van der Waals surface area contributed by atoms with Gasteiger partial charge in [-0.3, -0.25) is 9.98 Å². The number of allylic oxidation sites excluding steroid dienone is 2. The molecule has 0 aliphatic carbocycles. The summed E-state index contributed by atoms with van der Waals surface area (Å²) in [5.41, 5.74) is 5.58. The van der Waals surface area contributed by atoms with Crippen molar-refractivity contribution in [3.05, 3.63) is 70.4 Å². The molecule has 1 aliphatic heterocycles. The Morgan fingerprint density at radius 3 is 2.80 bits per heavy atom. The summed E-state index contributed by atoms with van der Waals surface area (Å²) in [6, 6.07) is 13.8. The maximum atomic E-state index is 11.2. The zero-order valence-corrected chi connectivity index (χ0v) is 14.4. The summed E-state index contributed by atoms with van der Waals surface area (Å²) in [7, 11) is 2.08. The van der Waals surface area contributed by atoms with Gasteiger partial charge in [-0.1, -0.05) is 32.0 Å². The first-order chi connectivity index (χ1) is 12.0. The number of anilines is 1. The molecule has 0 radical (unpaired) electrons. The highest BCUT2D eigenvalue weighted by molar-refractivity contribution is 5.82. The minimum atomic E-state index is -0.453. The number of benzene rings is 2. The van der Waals surface area contributed by atoms with Crippen molar-refractivity contribution >= 4 is 28.7 Å². The summed E-state index contributed by atoms with van der Waals surface area (Å²) in [6.45, 7) is 4.44. The van der Waals surface area contributed by atoms with E-state index in [4.69, 9.17) is 4.42 Å². The zero-order chi connectivity index (χ0) is 17.6. The summed E-state index contributed by atoms with van der Waals surface area (Å²) < 4.78 is 5.07. The average Bonchev–Trinajstić information content (AvgIpc) is 3.05. The Labute approximate surface area is 145 Å². The van der Waals surface area contributed by atoms with Gasteiger partial charge in [-0.05, 0) is 29.8 Å². The SMILES string of the molecule is CN1/C(=C/C=Nc2ccc3[nH]c(=O)oc3c2)C(C)(C)c2ccccc21. The van der Waals surface area contributed by atoms with E-state index < -0.39 is 5.76 Å². The van der Waals surface area contributed by atoms with Crippen LogP contribution in [0.1, 0.15) is 19.4 Å². The summed E-state index contributed by atoms with van der Waals surface area (Å²) >= 11 is 0. The van der Waals surface area contributed by atoms with Crippen LogP contribution in [0.25, 0.3) is 11.1 Å². The molecular formula is C20H19N3O2. The molecule has 25 heavy (non-hydrogen) atoms. The summed E-state index contributed by atoms with van der Waals surface area (Å²) in [5, 5.41) is 0. The highest BCUT2D eigenvalue weighted by atomic mass is 16.4. The molecule has 2 heterocycles. The maximum absolute atomic E-state index is 11.2. The van der Waals surface area contributed by atoms with Crippen LogP contribution in [0.15, 0.2) is 68.4 Å². The van der Waals surface area contributed by atoms with Crippen LogP contribution >= 0.6 is 0 Å². The summed E-state index contributed by atoms with van der Waals surface area (Å²) in [6.07, 6.45) is 3.84. The number of rotatable bonds is 2. The third kappa shape index (κ3) is 2.48. The summed E-state index contributed by atoms with van der Waals surface area (Å²) in [5.74, 6) is -0.453. The van der Waals surface area contributed by atoms with Crippen molar-refractivity contribution in [1.29, 1.82) is 0 Å². The summed E-state index contributed by atoms with van der Waals surface area (Å²) in [4.78, 5) is 20.5. The lowest BCUT2D eigenvalue weighted by Gasteiger charge is -2.23. The number of aromatic amines is 1. The standard InChI is InChI=1S/C20H19N3O2/c1-20(2)14-6-4-5-7-16(14)23(3)18(20)10-11-21-13-8-9-15-17(12-13)25-19(24)22-15/h4-12H,1-3H3,(H,22,24)/b18-10+,21-11?. The van der Waals surface area contributed by atoms with Gasteiger partial charge in [-0.15, -0.1) is 0 Å². The molecule has 2 aromatic carbocycles. The van der Waals surface area contributed by atoms with Crippen molar-refractivity contribution in [1.82, 2.24) is 4.98 Å². The van der Waals surface area contributed by atoms with Crippen LogP contribution in [0.2, 0.25) is 0 Å². The Balaban J connectivity index is 1.66. The van der Waals surface area contributed by atoms with Crippen molar-refractivity contribution in [2.75, 3.05) is 11.9 Å². The molecule has 0 fully saturated rings. The number of likely N-dealkylation sites (N-methyl/N-ethyl adjacent to an activating group) is 1. The Hall–Kier alpha value is -3.08. The number of nitrogens with one attached hydrogen (secondary N) is 1. The number of hydrogen-bond donors (Lipinski definition) is 1. The fourth-order valence-electron chi connectivity index (χ4n) is 3.51. The Kier molecular flexibility index (Phi) is 3.39. The lowest BCUT2D eigenvalue weighted by molar-refractivity contribution is 0.555. The first kappa shape index (κ1) is 15.4. The van der Waals surface area contributed by atoms with Gasteiger partial charge in [-0.25, -0.2) is 4.79 Å². The normalized spacial score (nSPS) is 17.7. The Bertz CT molecular complexity index is 1070. The van der Waals surface area contributed by atoms with Crippen molar-refractivity contribution in [3.8, 4) is 0 Å². The molecule has 4 rings (SSSR count). The highest BCUT2D eigenvalue weighted by Gasteiger charge is 2.37. The van der Waals surface area contributed by atoms with E-state index in [1.807, 2.05) is 12.1 Å². The molecule has 0 amide bonds. The first-order valence-electron chi connectivity index (χ1n) is 8.18. The molecule has 5 nitrogen and oxygen atoms in total. The van der Waals surface area contributed by atoms with Crippen LogP contribution in [0.4, 0.5) is 11.4 Å². The lowest BCUT2D eigenvalue weighted by Crippen LogP contribution is -2.22. The maximum Gasteiger partial charge on any atom is 0.417 e. The first-order valence-corrected chi connectivity index (χ1v) is 8.18. The van der Waals surface area contributed by atoms with E-state index in [9.17, 15) is 4.79 Å². The van der Waals surface area contributed by atoms with Crippen molar-refractivity contribution in [2.45, 2.75) is 19.3 Å². The van der Waals surface area contributed by atoms with Gasteiger partial charge in [-0.2, -0.15) is 0 Å². The van der Waals surface area contributed by atoms with Crippen LogP contribution in [-0.4, -0.2) is 18.2 Å². The van der Waals surface area contributed by atoms with Crippen LogP contribution < -0.4 is 10.7 Å². The molecule has 5 heteroatoms. The van der Waals surface area contributed by atoms with E-state index in [1.54, 1.807) is 18.3 Å². The molecule has 126 valence electrons. The molecule has 0 atom stereocenters. The zero-order valence-electron chi connectivity index (χ0n) is 14.4. The van der Waals surface area contributed by atoms with E-state index in [0.29, 0.717) is 11.1 Å². The number of aromatic nitrogens is 1. The number of aliphatic imine (C=N–C) groups is 1. The van der Waals surface area contributed by atoms with Crippen LogP contribution in [-0.2, 0) is 5.41 Å². The van der Waals surface area contributed by atoms with Crippen molar-refractivity contribution < 1.29 is 4.42 Å². The number of para-hydroxylation sites is 1. The molecule has 0 saturated carbocycles. The number of hydrogen-bond acceptors (Lipinski definition) is 4. The van der Waals surface area contributed by atoms with E-state index in [2.05, 4.69) is 60.0 Å². The molecule has 0 unspecified atom stereocenters. The second kappa shape index (κ2) is 5.48. The van der Waals surface area contributed by atoms with E-state index >= 15 is 0 Å². The third-order valence-corrected chi connectivity index (χ3v) is 4.80. The van der Waals surface area contributed by atoms with E-state index in [1.165, 1.54) is 16.9 Å². The van der Waals surface area contributed by atoms with Crippen molar-refractivity contribution in [3.63, 3.8) is 0 Å². The molecule has 1 N–H and O–H groups in total. The molecule has 0 saturated heterocycles. The number of fused-ring (bicyclic) bond motifs is 2. The van der Waals surface area contributed by atoms with Gasteiger partial charge >= 0.3 is 5.76 Å². The topological polar surface area (TPSA) is 61.6 Å². The quantitative estimate of drug-likeness (QED) is 0.717. The van der Waals surface area contributed by atoms with E-state index in [-0.39, 0.29) is 5.41 Å². The van der Waals surface area contributed by atoms with Crippen LogP contribution in [0, 0.1) is 0 Å². The number of nitrogens with zero attached hydrogens (tertiary/aromatic N) is 2. The molecule has 1 aliphatic rings. The highest BCUT2D eigenvalue weighted by Crippen LogP contribution is 2.46. The van der Waals surface area contributed by atoms with Crippen molar-refractivity contribution in [2.24, 2.45) is 4.99 Å². The van der Waals surface area contributed by atoms with Gasteiger partial charge < -0.3 is 9.32 Å².